The fraction of sp³-hybridized carbons (Fsp3) is 0.500. The molecule has 0 heterocycles. The summed E-state index contributed by atoms with van der Waals surface area (Å²) < 4.78 is 0. The van der Waals surface area contributed by atoms with Gasteiger partial charge in [0.15, 0.2) is 0 Å². The highest BCUT2D eigenvalue weighted by atomic mass is 16.2. The second-order valence-corrected chi connectivity index (χ2v) is 4.35. The normalized spacial score (nSPS) is 12.2. The summed E-state index contributed by atoms with van der Waals surface area (Å²) in [4.78, 5) is 11.3. The third-order valence-corrected chi connectivity index (χ3v) is 3.07. The lowest BCUT2D eigenvalue weighted by molar-refractivity contribution is -0.121. The molecule has 17 heavy (non-hydrogen) atoms. The Bertz CT molecular complexity index is 346. The first-order chi connectivity index (χ1) is 8.17. The Morgan fingerprint density at radius 3 is 2.47 bits per heavy atom. The topological polar surface area (TPSA) is 41.1 Å². The zero-order chi connectivity index (χ0) is 12.7. The lowest BCUT2D eigenvalue weighted by Gasteiger charge is -2.09. The molecule has 0 saturated heterocycles. The second kappa shape index (κ2) is 7.07. The number of carbonyl (C=O) groups excluding carboxylic acids is 1. The number of hydrazine groups is 1. The van der Waals surface area contributed by atoms with E-state index in [9.17, 15) is 4.79 Å². The van der Waals surface area contributed by atoms with Crippen LogP contribution in [0.25, 0.3) is 0 Å². The smallest absolute Gasteiger partial charge is 0.234 e. The molecule has 0 radical (unpaired) electrons. The van der Waals surface area contributed by atoms with Gasteiger partial charge < -0.3 is 0 Å². The summed E-state index contributed by atoms with van der Waals surface area (Å²) in [6.07, 6.45) is 2.46. The summed E-state index contributed by atoms with van der Waals surface area (Å²) in [6, 6.07) is 8.57. The van der Waals surface area contributed by atoms with Crippen LogP contribution < -0.4 is 10.9 Å². The van der Waals surface area contributed by atoms with E-state index in [0.29, 0.717) is 12.3 Å². The Morgan fingerprint density at radius 2 is 1.94 bits per heavy atom. The van der Waals surface area contributed by atoms with E-state index in [-0.39, 0.29) is 5.91 Å². The first-order valence-electron chi connectivity index (χ1n) is 6.21. The van der Waals surface area contributed by atoms with Gasteiger partial charge in [-0.2, -0.15) is 0 Å². The largest absolute Gasteiger partial charge is 0.292 e. The van der Waals surface area contributed by atoms with Crippen molar-refractivity contribution in [3.8, 4) is 0 Å². The number of nitrogens with one attached hydrogen (secondary N) is 2. The van der Waals surface area contributed by atoms with Gasteiger partial charge in [0.25, 0.3) is 0 Å². The van der Waals surface area contributed by atoms with E-state index in [0.717, 1.165) is 12.8 Å². The van der Waals surface area contributed by atoms with Crippen LogP contribution in [-0.4, -0.2) is 13.0 Å². The predicted molar refractivity (Wildman–Crippen MR) is 70.7 cm³/mol. The van der Waals surface area contributed by atoms with Crippen molar-refractivity contribution in [1.29, 1.82) is 0 Å². The van der Waals surface area contributed by atoms with Gasteiger partial charge in [-0.15, -0.1) is 0 Å². The summed E-state index contributed by atoms with van der Waals surface area (Å²) in [7, 11) is 1.69. The van der Waals surface area contributed by atoms with Gasteiger partial charge in [0.05, 0.1) is 0 Å². The molecule has 1 unspecified atom stereocenters. The van der Waals surface area contributed by atoms with Gasteiger partial charge in [0.2, 0.25) is 5.91 Å². The predicted octanol–water partition coefficient (Wildman–Crippen LogP) is 2.38. The van der Waals surface area contributed by atoms with Crippen LogP contribution in [0.3, 0.4) is 0 Å². The molecule has 0 bridgehead atoms. The minimum Gasteiger partial charge on any atom is -0.292 e. The van der Waals surface area contributed by atoms with E-state index in [1.54, 1.807) is 7.05 Å². The lowest BCUT2D eigenvalue weighted by atomic mass is 9.97. The number of hydrogen-bond donors (Lipinski definition) is 2. The fourth-order valence-electron chi connectivity index (χ4n) is 1.71. The van der Waals surface area contributed by atoms with Gasteiger partial charge in [-0.1, -0.05) is 38.1 Å². The number of amides is 1. The molecule has 0 fully saturated rings. The summed E-state index contributed by atoms with van der Waals surface area (Å²) in [5, 5.41) is 0. The first-order valence-corrected chi connectivity index (χ1v) is 6.21. The van der Waals surface area contributed by atoms with Crippen molar-refractivity contribution in [3.05, 3.63) is 35.4 Å². The minimum absolute atomic E-state index is 0.0264. The average molecular weight is 234 g/mol. The molecule has 1 atom stereocenters. The minimum atomic E-state index is 0.0264. The van der Waals surface area contributed by atoms with Crippen LogP contribution >= 0.6 is 0 Å². The highest BCUT2D eigenvalue weighted by Crippen LogP contribution is 2.19. The third-order valence-electron chi connectivity index (χ3n) is 3.07. The molecule has 1 aromatic rings. The Morgan fingerprint density at radius 1 is 1.29 bits per heavy atom. The van der Waals surface area contributed by atoms with E-state index >= 15 is 0 Å². The van der Waals surface area contributed by atoms with Gasteiger partial charge in [-0.05, 0) is 29.9 Å². The van der Waals surface area contributed by atoms with Crippen LogP contribution in [0.15, 0.2) is 24.3 Å². The molecule has 0 saturated carbocycles. The molecular weight excluding hydrogens is 212 g/mol. The summed E-state index contributed by atoms with van der Waals surface area (Å²) in [5.74, 6) is 0.634. The van der Waals surface area contributed by atoms with Gasteiger partial charge in [-0.3, -0.25) is 10.2 Å². The van der Waals surface area contributed by atoms with Gasteiger partial charge in [0.1, 0.15) is 0 Å². The molecule has 0 aliphatic rings. The molecule has 0 aromatic heterocycles. The monoisotopic (exact) mass is 234 g/mol. The van der Waals surface area contributed by atoms with E-state index < -0.39 is 0 Å². The highest BCUT2D eigenvalue weighted by Gasteiger charge is 2.04. The number of carbonyl (C=O) groups is 1. The molecule has 1 rings (SSSR count). The molecule has 0 spiro atoms. The first kappa shape index (κ1) is 13.7. The molecule has 3 nitrogen and oxygen atoms in total. The third kappa shape index (κ3) is 4.57. The number of benzene rings is 1. The van der Waals surface area contributed by atoms with Crippen LogP contribution in [0.1, 0.15) is 43.7 Å². The van der Waals surface area contributed by atoms with Crippen molar-refractivity contribution < 1.29 is 4.79 Å². The van der Waals surface area contributed by atoms with Crippen molar-refractivity contribution in [1.82, 2.24) is 10.9 Å². The van der Waals surface area contributed by atoms with E-state index in [4.69, 9.17) is 0 Å². The molecule has 3 heteroatoms. The molecule has 0 aliphatic carbocycles. The van der Waals surface area contributed by atoms with E-state index in [1.807, 2.05) is 0 Å². The molecular formula is C14H22N2O. The van der Waals surface area contributed by atoms with Crippen LogP contribution in [-0.2, 0) is 11.2 Å². The SMILES string of the molecule is CCC(C)c1ccc(CCC(=O)NNC)cc1. The maximum Gasteiger partial charge on any atom is 0.234 e. The average Bonchev–Trinajstić information content (AvgIpc) is 2.36. The molecule has 1 amide bonds. The van der Waals surface area contributed by atoms with Crippen molar-refractivity contribution in [2.45, 2.75) is 39.0 Å². The fourth-order valence-corrected chi connectivity index (χ4v) is 1.71. The zero-order valence-corrected chi connectivity index (χ0v) is 10.9. The molecule has 94 valence electrons. The Balaban J connectivity index is 2.48. The number of aryl methyl sites for hydroxylation is 1. The van der Waals surface area contributed by atoms with Crippen LogP contribution in [0.5, 0.6) is 0 Å². The Kier molecular flexibility index (Phi) is 5.70. The number of hydrogen-bond acceptors (Lipinski definition) is 2. The summed E-state index contributed by atoms with van der Waals surface area (Å²) in [6.45, 7) is 4.43. The molecule has 2 N–H and O–H groups in total. The highest BCUT2D eigenvalue weighted by molar-refractivity contribution is 5.75. The van der Waals surface area contributed by atoms with Crippen LogP contribution in [0.4, 0.5) is 0 Å². The van der Waals surface area contributed by atoms with Crippen molar-refractivity contribution in [2.75, 3.05) is 7.05 Å². The van der Waals surface area contributed by atoms with Crippen molar-refractivity contribution >= 4 is 5.91 Å². The molecule has 1 aromatic carbocycles. The Labute approximate surface area is 104 Å². The molecule has 0 aliphatic heterocycles. The van der Waals surface area contributed by atoms with Crippen LogP contribution in [0.2, 0.25) is 0 Å². The van der Waals surface area contributed by atoms with Gasteiger partial charge in [0, 0.05) is 13.5 Å². The standard InChI is InChI=1S/C14H22N2O/c1-4-11(2)13-8-5-12(6-9-13)7-10-14(17)16-15-3/h5-6,8-9,11,15H,4,7,10H2,1-3H3,(H,16,17). The lowest BCUT2D eigenvalue weighted by Crippen LogP contribution is -2.34. The summed E-state index contributed by atoms with van der Waals surface area (Å²) in [5.41, 5.74) is 7.78. The van der Waals surface area contributed by atoms with E-state index in [1.165, 1.54) is 11.1 Å². The second-order valence-electron chi connectivity index (χ2n) is 4.35. The maximum absolute atomic E-state index is 11.3. The quantitative estimate of drug-likeness (QED) is 0.742. The van der Waals surface area contributed by atoms with Crippen molar-refractivity contribution in [2.24, 2.45) is 0 Å². The van der Waals surface area contributed by atoms with Crippen molar-refractivity contribution in [3.63, 3.8) is 0 Å². The van der Waals surface area contributed by atoms with E-state index in [2.05, 4.69) is 49.0 Å². The summed E-state index contributed by atoms with van der Waals surface area (Å²) >= 11 is 0. The van der Waals surface area contributed by atoms with Gasteiger partial charge >= 0.3 is 0 Å². The maximum atomic E-state index is 11.3. The van der Waals surface area contributed by atoms with Crippen LogP contribution in [0, 0.1) is 0 Å². The van der Waals surface area contributed by atoms with Gasteiger partial charge in [-0.25, -0.2) is 5.43 Å². The number of rotatable bonds is 6. The zero-order valence-electron chi connectivity index (χ0n) is 10.9. The Hall–Kier alpha value is -1.35.